The van der Waals surface area contributed by atoms with Gasteiger partial charge in [0, 0.05) is 24.7 Å². The van der Waals surface area contributed by atoms with Gasteiger partial charge >= 0.3 is 0 Å². The maximum absolute atomic E-state index is 12.1. The van der Waals surface area contributed by atoms with Gasteiger partial charge in [0.1, 0.15) is 0 Å². The molecule has 1 aromatic rings. The average Bonchev–Trinajstić information content (AvgIpc) is 2.92. The van der Waals surface area contributed by atoms with Crippen LogP contribution in [0, 0.1) is 0 Å². The van der Waals surface area contributed by atoms with Crippen molar-refractivity contribution in [2.75, 3.05) is 25.0 Å². The Balaban J connectivity index is 1.87. The maximum atomic E-state index is 12.1. The zero-order chi connectivity index (χ0) is 16.2. The van der Waals surface area contributed by atoms with E-state index in [1.165, 1.54) is 5.56 Å². The normalized spacial score (nSPS) is 19.4. The number of nitrogens with one attached hydrogen (secondary N) is 1. The molecule has 1 atom stereocenters. The third-order valence-corrected chi connectivity index (χ3v) is 4.35. The van der Waals surface area contributed by atoms with Gasteiger partial charge in [0.05, 0.1) is 6.61 Å². The van der Waals surface area contributed by atoms with Crippen LogP contribution in [0.5, 0.6) is 0 Å². The van der Waals surface area contributed by atoms with Gasteiger partial charge in [0.2, 0.25) is 5.91 Å². The molecule has 1 heterocycles. The van der Waals surface area contributed by atoms with Crippen molar-refractivity contribution in [1.82, 2.24) is 4.90 Å². The first-order valence-corrected chi connectivity index (χ1v) is 8.15. The standard InChI is InChI=1S/C18H28N2O2/c1-18(2,3)14-6-4-7-15(12-14)19-17(22)9-11-20-10-5-8-16(20)13-21/h4,6-7,12,16,21H,5,8-11,13H2,1-3H3,(H,19,22)/t16-/m0/s1. The second kappa shape index (κ2) is 7.25. The summed E-state index contributed by atoms with van der Waals surface area (Å²) in [4.78, 5) is 14.3. The van der Waals surface area contributed by atoms with Crippen molar-refractivity contribution in [3.8, 4) is 0 Å². The van der Waals surface area contributed by atoms with E-state index in [1.807, 2.05) is 18.2 Å². The van der Waals surface area contributed by atoms with Crippen LogP contribution in [0.1, 0.15) is 45.6 Å². The molecule has 1 saturated heterocycles. The molecule has 0 saturated carbocycles. The van der Waals surface area contributed by atoms with Crippen LogP contribution in [0.25, 0.3) is 0 Å². The molecule has 2 rings (SSSR count). The molecular formula is C18H28N2O2. The molecule has 122 valence electrons. The van der Waals surface area contributed by atoms with Crippen molar-refractivity contribution in [2.45, 2.75) is 51.5 Å². The lowest BCUT2D eigenvalue weighted by Gasteiger charge is -2.22. The van der Waals surface area contributed by atoms with E-state index < -0.39 is 0 Å². The fourth-order valence-electron chi connectivity index (χ4n) is 2.93. The number of likely N-dealkylation sites (tertiary alicyclic amines) is 1. The largest absolute Gasteiger partial charge is 0.395 e. The van der Waals surface area contributed by atoms with Gasteiger partial charge in [-0.3, -0.25) is 9.69 Å². The first kappa shape index (κ1) is 17.0. The minimum atomic E-state index is 0.0367. The number of carbonyl (C=O) groups is 1. The maximum Gasteiger partial charge on any atom is 0.225 e. The molecule has 0 aliphatic carbocycles. The second-order valence-electron chi connectivity index (χ2n) is 7.14. The Morgan fingerprint density at radius 1 is 1.41 bits per heavy atom. The minimum Gasteiger partial charge on any atom is -0.395 e. The van der Waals surface area contributed by atoms with E-state index in [2.05, 4.69) is 37.1 Å². The zero-order valence-electron chi connectivity index (χ0n) is 13.9. The van der Waals surface area contributed by atoms with Crippen molar-refractivity contribution in [3.05, 3.63) is 29.8 Å². The highest BCUT2D eigenvalue weighted by Crippen LogP contribution is 2.24. The van der Waals surface area contributed by atoms with E-state index in [0.717, 1.165) is 31.6 Å². The average molecular weight is 304 g/mol. The van der Waals surface area contributed by atoms with Gasteiger partial charge in [-0.2, -0.15) is 0 Å². The fourth-order valence-corrected chi connectivity index (χ4v) is 2.93. The van der Waals surface area contributed by atoms with E-state index in [9.17, 15) is 9.90 Å². The molecular weight excluding hydrogens is 276 g/mol. The fraction of sp³-hybridized carbons (Fsp3) is 0.611. The Hall–Kier alpha value is -1.39. The number of carbonyl (C=O) groups excluding carboxylic acids is 1. The Morgan fingerprint density at radius 2 is 2.18 bits per heavy atom. The van der Waals surface area contributed by atoms with Crippen LogP contribution in [0.4, 0.5) is 5.69 Å². The summed E-state index contributed by atoms with van der Waals surface area (Å²) < 4.78 is 0. The summed E-state index contributed by atoms with van der Waals surface area (Å²) in [5, 5.41) is 12.3. The predicted molar refractivity (Wildman–Crippen MR) is 90.1 cm³/mol. The summed E-state index contributed by atoms with van der Waals surface area (Å²) in [6.45, 7) is 8.38. The molecule has 4 nitrogen and oxygen atoms in total. The van der Waals surface area contributed by atoms with Gasteiger partial charge in [-0.15, -0.1) is 0 Å². The number of amides is 1. The minimum absolute atomic E-state index is 0.0367. The summed E-state index contributed by atoms with van der Waals surface area (Å²) >= 11 is 0. The van der Waals surface area contributed by atoms with Crippen LogP contribution >= 0.6 is 0 Å². The van der Waals surface area contributed by atoms with Crippen molar-refractivity contribution in [2.24, 2.45) is 0 Å². The predicted octanol–water partition coefficient (Wildman–Crippen LogP) is 2.77. The topological polar surface area (TPSA) is 52.6 Å². The van der Waals surface area contributed by atoms with Crippen LogP contribution in [0.3, 0.4) is 0 Å². The van der Waals surface area contributed by atoms with E-state index in [1.54, 1.807) is 0 Å². The van der Waals surface area contributed by atoms with Gasteiger partial charge in [-0.05, 0) is 42.5 Å². The summed E-state index contributed by atoms with van der Waals surface area (Å²) in [7, 11) is 0. The van der Waals surface area contributed by atoms with Gasteiger partial charge in [-0.25, -0.2) is 0 Å². The summed E-state index contributed by atoms with van der Waals surface area (Å²) in [5.74, 6) is 0.0367. The third kappa shape index (κ3) is 4.55. The van der Waals surface area contributed by atoms with Crippen molar-refractivity contribution in [3.63, 3.8) is 0 Å². The molecule has 0 aromatic heterocycles. The second-order valence-corrected chi connectivity index (χ2v) is 7.14. The lowest BCUT2D eigenvalue weighted by atomic mass is 9.87. The Kier molecular flexibility index (Phi) is 5.59. The molecule has 22 heavy (non-hydrogen) atoms. The number of nitrogens with zero attached hydrogens (tertiary/aromatic N) is 1. The number of aliphatic hydroxyl groups is 1. The van der Waals surface area contributed by atoms with E-state index in [4.69, 9.17) is 0 Å². The van der Waals surface area contributed by atoms with Crippen LogP contribution in [0.2, 0.25) is 0 Å². The number of hydrogen-bond acceptors (Lipinski definition) is 3. The van der Waals surface area contributed by atoms with E-state index >= 15 is 0 Å². The summed E-state index contributed by atoms with van der Waals surface area (Å²) in [6.07, 6.45) is 2.61. The van der Waals surface area contributed by atoms with Gasteiger partial charge in [-0.1, -0.05) is 32.9 Å². The van der Waals surface area contributed by atoms with Crippen molar-refractivity contribution >= 4 is 11.6 Å². The molecule has 1 aliphatic heterocycles. The zero-order valence-corrected chi connectivity index (χ0v) is 13.9. The number of rotatable bonds is 5. The lowest BCUT2D eigenvalue weighted by Crippen LogP contribution is -2.34. The summed E-state index contributed by atoms with van der Waals surface area (Å²) in [6, 6.07) is 8.28. The van der Waals surface area contributed by atoms with Gasteiger partial charge in [0.15, 0.2) is 0 Å². The molecule has 1 fully saturated rings. The number of benzene rings is 1. The first-order chi connectivity index (χ1) is 10.4. The molecule has 1 amide bonds. The highest BCUT2D eigenvalue weighted by Gasteiger charge is 2.23. The smallest absolute Gasteiger partial charge is 0.225 e. The van der Waals surface area contributed by atoms with E-state index in [-0.39, 0.29) is 24.0 Å². The molecule has 1 aliphatic rings. The molecule has 4 heteroatoms. The van der Waals surface area contributed by atoms with Crippen LogP contribution < -0.4 is 5.32 Å². The van der Waals surface area contributed by atoms with Crippen molar-refractivity contribution < 1.29 is 9.90 Å². The first-order valence-electron chi connectivity index (χ1n) is 8.15. The molecule has 2 N–H and O–H groups in total. The van der Waals surface area contributed by atoms with Crippen LogP contribution in [-0.2, 0) is 10.2 Å². The molecule has 0 spiro atoms. The Morgan fingerprint density at radius 3 is 2.86 bits per heavy atom. The van der Waals surface area contributed by atoms with Gasteiger partial charge in [0.25, 0.3) is 0 Å². The lowest BCUT2D eigenvalue weighted by molar-refractivity contribution is -0.116. The SMILES string of the molecule is CC(C)(C)c1cccc(NC(=O)CCN2CCC[C@H]2CO)c1. The van der Waals surface area contributed by atoms with E-state index in [0.29, 0.717) is 6.42 Å². The van der Waals surface area contributed by atoms with Gasteiger partial charge < -0.3 is 10.4 Å². The quantitative estimate of drug-likeness (QED) is 0.879. The monoisotopic (exact) mass is 304 g/mol. The number of hydrogen-bond donors (Lipinski definition) is 2. The third-order valence-electron chi connectivity index (χ3n) is 4.35. The summed E-state index contributed by atoms with van der Waals surface area (Å²) in [5.41, 5.74) is 2.15. The van der Waals surface area contributed by atoms with Crippen LogP contribution in [0.15, 0.2) is 24.3 Å². The number of aliphatic hydroxyl groups excluding tert-OH is 1. The Bertz CT molecular complexity index is 508. The van der Waals surface area contributed by atoms with Crippen molar-refractivity contribution in [1.29, 1.82) is 0 Å². The number of anilines is 1. The molecule has 0 radical (unpaired) electrons. The van der Waals surface area contributed by atoms with Crippen LogP contribution in [-0.4, -0.2) is 41.7 Å². The molecule has 0 unspecified atom stereocenters. The Labute approximate surface area is 133 Å². The molecule has 0 bridgehead atoms. The highest BCUT2D eigenvalue weighted by molar-refractivity contribution is 5.90. The molecule has 1 aromatic carbocycles. The highest BCUT2D eigenvalue weighted by atomic mass is 16.3.